The minimum atomic E-state index is -4.90. The predicted octanol–water partition coefficient (Wildman–Crippen LogP) is 7.15. The van der Waals surface area contributed by atoms with Crippen molar-refractivity contribution in [3.8, 4) is 11.3 Å². The van der Waals surface area contributed by atoms with Crippen LogP contribution in [0.2, 0.25) is 0 Å². The van der Waals surface area contributed by atoms with Crippen molar-refractivity contribution in [2.75, 3.05) is 0 Å². The van der Waals surface area contributed by atoms with E-state index >= 15 is 0 Å². The molecule has 0 unspecified atom stereocenters. The summed E-state index contributed by atoms with van der Waals surface area (Å²) >= 11 is 3.64. The zero-order valence-electron chi connectivity index (χ0n) is 15.1. The summed E-state index contributed by atoms with van der Waals surface area (Å²) in [6.07, 6.45) is -9.81. The van der Waals surface area contributed by atoms with Gasteiger partial charge in [0.2, 0.25) is 0 Å². The van der Waals surface area contributed by atoms with E-state index < -0.39 is 23.5 Å². The van der Waals surface area contributed by atoms with E-state index in [-0.39, 0.29) is 22.7 Å². The lowest BCUT2D eigenvalue weighted by Gasteiger charge is -2.13. The first kappa shape index (κ1) is 22.0. The third kappa shape index (κ3) is 5.28. The van der Waals surface area contributed by atoms with Crippen molar-refractivity contribution < 1.29 is 26.3 Å². The number of aromatic nitrogens is 3. The normalized spacial score (nSPS) is 13.1. The maximum atomic E-state index is 13.0. The maximum absolute atomic E-state index is 13.0. The Balaban J connectivity index is 1.92. The van der Waals surface area contributed by atoms with Gasteiger partial charge in [0, 0.05) is 16.4 Å². The number of benzene rings is 1. The van der Waals surface area contributed by atoms with Crippen LogP contribution in [0.4, 0.5) is 26.3 Å². The quantitative estimate of drug-likeness (QED) is 0.382. The third-order valence-electron chi connectivity index (χ3n) is 3.59. The second kappa shape index (κ2) is 7.55. The first-order chi connectivity index (χ1) is 13.2. The lowest BCUT2D eigenvalue weighted by molar-refractivity contribution is -0.143. The molecule has 0 N–H and O–H groups in total. The molecular formula is C17H13F6N3S3. The van der Waals surface area contributed by atoms with Gasteiger partial charge in [0.05, 0.1) is 16.8 Å². The van der Waals surface area contributed by atoms with Crippen molar-refractivity contribution in [2.24, 2.45) is 0 Å². The average molecular weight is 470 g/mol. The van der Waals surface area contributed by atoms with Gasteiger partial charge in [0.1, 0.15) is 5.01 Å². The van der Waals surface area contributed by atoms with E-state index in [1.54, 1.807) is 0 Å². The molecule has 0 spiro atoms. The van der Waals surface area contributed by atoms with E-state index in [1.165, 1.54) is 28.5 Å². The summed E-state index contributed by atoms with van der Waals surface area (Å²) in [5.41, 5.74) is -3.14. The zero-order valence-corrected chi connectivity index (χ0v) is 17.6. The largest absolute Gasteiger partial charge is 0.416 e. The number of thiazole rings is 1. The van der Waals surface area contributed by atoms with E-state index in [4.69, 9.17) is 0 Å². The van der Waals surface area contributed by atoms with Crippen LogP contribution < -0.4 is 0 Å². The third-order valence-corrected chi connectivity index (χ3v) is 6.93. The molecule has 0 bridgehead atoms. The Kier molecular flexibility index (Phi) is 5.73. The molecule has 0 atom stereocenters. The van der Waals surface area contributed by atoms with Crippen LogP contribution in [0.3, 0.4) is 0 Å². The van der Waals surface area contributed by atoms with Gasteiger partial charge in [-0.1, -0.05) is 32.1 Å². The van der Waals surface area contributed by atoms with Crippen molar-refractivity contribution in [2.45, 2.75) is 47.2 Å². The van der Waals surface area contributed by atoms with Crippen molar-refractivity contribution in [1.82, 2.24) is 15.2 Å². The molecule has 0 amide bonds. The fourth-order valence-corrected chi connectivity index (χ4v) is 5.10. The van der Waals surface area contributed by atoms with E-state index in [9.17, 15) is 26.3 Å². The summed E-state index contributed by atoms with van der Waals surface area (Å²) in [7, 11) is 0. The summed E-state index contributed by atoms with van der Waals surface area (Å²) in [4.78, 5) is 4.18. The molecule has 0 aliphatic rings. The molecule has 0 saturated heterocycles. The van der Waals surface area contributed by atoms with Crippen LogP contribution in [0.25, 0.3) is 11.3 Å². The van der Waals surface area contributed by atoms with Crippen LogP contribution in [0, 0.1) is 0 Å². The minimum Gasteiger partial charge on any atom is -0.229 e. The number of rotatable bonds is 3. The Morgan fingerprint density at radius 3 is 1.90 bits per heavy atom. The van der Waals surface area contributed by atoms with Crippen molar-refractivity contribution in [1.29, 1.82) is 0 Å². The fraction of sp³-hybridized carbons (Fsp3) is 0.353. The fourth-order valence-electron chi connectivity index (χ4n) is 2.17. The van der Waals surface area contributed by atoms with E-state index in [0.29, 0.717) is 20.8 Å². The number of halogens is 6. The summed E-state index contributed by atoms with van der Waals surface area (Å²) in [6.45, 7) is 5.94. The Labute approximate surface area is 174 Å². The molecular weight excluding hydrogens is 456 g/mol. The van der Waals surface area contributed by atoms with Gasteiger partial charge in [-0.25, -0.2) is 4.98 Å². The second-order valence-corrected chi connectivity index (χ2v) is 10.3. The Morgan fingerprint density at radius 1 is 0.828 bits per heavy atom. The SMILES string of the molecule is CC(C)(C)c1nnc(Sc2nc(-c3cc(C(F)(F)F)cc(C(F)(F)F)c3)cs2)s1. The lowest BCUT2D eigenvalue weighted by atomic mass is 9.98. The van der Waals surface area contributed by atoms with Crippen LogP contribution in [0.1, 0.15) is 36.9 Å². The smallest absolute Gasteiger partial charge is 0.229 e. The highest BCUT2D eigenvalue weighted by Gasteiger charge is 2.37. The van der Waals surface area contributed by atoms with Crippen LogP contribution in [0.15, 0.2) is 32.3 Å². The van der Waals surface area contributed by atoms with Crippen molar-refractivity contribution >= 4 is 34.4 Å². The van der Waals surface area contributed by atoms with Gasteiger partial charge in [-0.3, -0.25) is 0 Å². The zero-order chi connectivity index (χ0) is 21.6. The highest BCUT2D eigenvalue weighted by Crippen LogP contribution is 2.40. The summed E-state index contributed by atoms with van der Waals surface area (Å²) < 4.78 is 79.3. The topological polar surface area (TPSA) is 38.7 Å². The lowest BCUT2D eigenvalue weighted by Crippen LogP contribution is -2.11. The first-order valence-electron chi connectivity index (χ1n) is 8.01. The summed E-state index contributed by atoms with van der Waals surface area (Å²) in [5.74, 6) is 0. The van der Waals surface area contributed by atoms with Crippen molar-refractivity contribution in [3.63, 3.8) is 0 Å². The molecule has 2 aromatic heterocycles. The Morgan fingerprint density at radius 2 is 1.41 bits per heavy atom. The van der Waals surface area contributed by atoms with Gasteiger partial charge >= 0.3 is 12.4 Å². The molecule has 0 aliphatic heterocycles. The average Bonchev–Trinajstić information content (AvgIpc) is 3.22. The number of nitrogens with zero attached hydrogens (tertiary/aromatic N) is 3. The second-order valence-electron chi connectivity index (χ2n) is 7.02. The van der Waals surface area contributed by atoms with Crippen LogP contribution >= 0.6 is 34.4 Å². The Bertz CT molecular complexity index is 982. The molecule has 3 rings (SSSR count). The van der Waals surface area contributed by atoms with Gasteiger partial charge in [0.25, 0.3) is 0 Å². The number of alkyl halides is 6. The molecule has 0 saturated carbocycles. The van der Waals surface area contributed by atoms with Gasteiger partial charge in [-0.2, -0.15) is 26.3 Å². The molecule has 1 aromatic carbocycles. The number of hydrogen-bond donors (Lipinski definition) is 0. The van der Waals surface area contributed by atoms with E-state index in [1.807, 2.05) is 20.8 Å². The highest BCUT2D eigenvalue weighted by molar-refractivity contribution is 8.02. The van der Waals surface area contributed by atoms with Gasteiger partial charge in [0.15, 0.2) is 8.68 Å². The Hall–Kier alpha value is -1.66. The standard InChI is InChI=1S/C17H13F6N3S3/c1-15(2,3)12-25-26-14(28-12)29-13-24-11(7-27-13)8-4-9(16(18,19)20)6-10(5-8)17(21,22)23/h4-7H,1-3H3. The maximum Gasteiger partial charge on any atom is 0.416 e. The first-order valence-corrected chi connectivity index (χ1v) is 10.5. The van der Waals surface area contributed by atoms with Crippen LogP contribution in [0.5, 0.6) is 0 Å². The molecule has 29 heavy (non-hydrogen) atoms. The minimum absolute atomic E-state index is 0.0367. The van der Waals surface area contributed by atoms with Gasteiger partial charge in [-0.15, -0.1) is 21.5 Å². The van der Waals surface area contributed by atoms with E-state index in [2.05, 4.69) is 15.2 Å². The van der Waals surface area contributed by atoms with Crippen molar-refractivity contribution in [3.05, 3.63) is 39.7 Å². The molecule has 156 valence electrons. The van der Waals surface area contributed by atoms with Crippen LogP contribution in [-0.2, 0) is 17.8 Å². The molecule has 2 heterocycles. The number of hydrogen-bond acceptors (Lipinski definition) is 6. The molecule has 0 fully saturated rings. The molecule has 0 radical (unpaired) electrons. The van der Waals surface area contributed by atoms with Crippen LogP contribution in [-0.4, -0.2) is 15.2 Å². The van der Waals surface area contributed by atoms with Gasteiger partial charge < -0.3 is 0 Å². The predicted molar refractivity (Wildman–Crippen MR) is 100 cm³/mol. The molecule has 0 aliphatic carbocycles. The summed E-state index contributed by atoms with van der Waals surface area (Å²) in [6, 6.07) is 1.43. The van der Waals surface area contributed by atoms with E-state index in [0.717, 1.165) is 16.3 Å². The highest BCUT2D eigenvalue weighted by atomic mass is 32.2. The molecule has 3 aromatic rings. The molecule has 3 nitrogen and oxygen atoms in total. The van der Waals surface area contributed by atoms with Gasteiger partial charge in [-0.05, 0) is 30.0 Å². The summed E-state index contributed by atoms with van der Waals surface area (Å²) in [5, 5.41) is 10.4. The molecule has 12 heteroatoms. The monoisotopic (exact) mass is 469 g/mol.